The number of aliphatic hydroxyl groups is 1. The number of carbonyl (C=O) groups excluding carboxylic acids is 3. The van der Waals surface area contributed by atoms with Gasteiger partial charge in [-0.15, -0.1) is 0 Å². The summed E-state index contributed by atoms with van der Waals surface area (Å²) in [6.07, 6.45) is -5.12. The first-order chi connectivity index (χ1) is 21.3. The highest BCUT2D eigenvalue weighted by Crippen LogP contribution is 2.31. The third-order valence-electron chi connectivity index (χ3n) is 7.47. The molecule has 0 aliphatic carbocycles. The number of ether oxygens (including phenoxy) is 1. The molecular weight excluding hydrogens is 591 g/mol. The zero-order chi connectivity index (χ0) is 32.7. The van der Waals surface area contributed by atoms with Crippen LogP contribution in [0.4, 0.5) is 39.8 Å². The summed E-state index contributed by atoms with van der Waals surface area (Å²) in [5.74, 6) is -0.104. The maximum absolute atomic E-state index is 13.4. The molecule has 0 aromatic heterocycles. The minimum Gasteiger partial charge on any atom is -0.488 e. The van der Waals surface area contributed by atoms with Crippen molar-refractivity contribution in [3.8, 4) is 5.75 Å². The normalized spacial score (nSPS) is 17.5. The lowest BCUT2D eigenvalue weighted by atomic mass is 10.0. The molecule has 0 unspecified atom stereocenters. The first kappa shape index (κ1) is 33.1. The van der Waals surface area contributed by atoms with Crippen molar-refractivity contribution in [1.82, 2.24) is 9.80 Å². The molecule has 0 saturated heterocycles. The number of benzene rings is 3. The molecule has 4 N–H and O–H groups in total. The number of likely N-dealkylation sites (N-methyl/N-ethyl adjacent to an activating group) is 1. The van der Waals surface area contributed by atoms with Crippen LogP contribution in [-0.4, -0.2) is 71.8 Å². The van der Waals surface area contributed by atoms with E-state index in [0.717, 1.165) is 24.3 Å². The van der Waals surface area contributed by atoms with E-state index < -0.39 is 29.9 Å². The zero-order valence-electron chi connectivity index (χ0n) is 25.1. The number of carbonyl (C=O) groups is 3. The number of alkyl halides is 3. The van der Waals surface area contributed by atoms with Crippen LogP contribution in [0.15, 0.2) is 72.8 Å². The number of hydrogen-bond acceptors (Lipinski definition) is 5. The maximum Gasteiger partial charge on any atom is 0.416 e. The molecule has 3 aromatic rings. The molecule has 0 saturated carbocycles. The van der Waals surface area contributed by atoms with Gasteiger partial charge in [-0.3, -0.25) is 4.79 Å². The SMILES string of the molecule is C[C@H]1CN([C@@H](C)CO)C(=O)Cc2cc(NC(=O)Nc3ccc(C(F)(F)F)cc3)ccc2O[C@H]1CN(C)C(=O)Nc1ccccc1. The van der Waals surface area contributed by atoms with Crippen LogP contribution in [0.25, 0.3) is 0 Å². The summed E-state index contributed by atoms with van der Waals surface area (Å²) in [4.78, 5) is 42.1. The second-order valence-electron chi connectivity index (χ2n) is 11.0. The highest BCUT2D eigenvalue weighted by Gasteiger charge is 2.32. The van der Waals surface area contributed by atoms with E-state index in [0.29, 0.717) is 22.7 Å². The number of anilines is 3. The standard InChI is InChI=1S/C32H36F3N5O5/c1-20-17-40(21(2)19-41)29(42)16-22-15-26(37-30(43)36-25-11-9-23(10-12-25)32(33,34)35)13-14-27(22)45-28(20)18-39(3)31(44)38-24-7-5-4-6-8-24/h4-15,20-21,28,41H,16-19H2,1-3H3,(H,38,44)(H2,36,37,43)/t20-,21-,28-/m0/s1. The number of rotatable bonds is 7. The lowest BCUT2D eigenvalue weighted by Gasteiger charge is -2.34. The van der Waals surface area contributed by atoms with Gasteiger partial charge < -0.3 is 35.6 Å². The van der Waals surface area contributed by atoms with E-state index in [1.165, 1.54) is 4.90 Å². The molecule has 1 heterocycles. The molecule has 1 aliphatic heterocycles. The lowest BCUT2D eigenvalue weighted by molar-refractivity contribution is -0.137. The van der Waals surface area contributed by atoms with Crippen LogP contribution in [0.2, 0.25) is 0 Å². The van der Waals surface area contributed by atoms with Gasteiger partial charge in [-0.1, -0.05) is 25.1 Å². The van der Waals surface area contributed by atoms with E-state index in [1.807, 2.05) is 25.1 Å². The van der Waals surface area contributed by atoms with E-state index in [4.69, 9.17) is 4.74 Å². The molecule has 240 valence electrons. The molecule has 13 heteroatoms. The summed E-state index contributed by atoms with van der Waals surface area (Å²) < 4.78 is 45.0. The fourth-order valence-electron chi connectivity index (χ4n) is 4.85. The number of para-hydroxylation sites is 1. The number of fused-ring (bicyclic) bond motifs is 1. The molecule has 0 fully saturated rings. The molecule has 0 bridgehead atoms. The predicted molar refractivity (Wildman–Crippen MR) is 164 cm³/mol. The number of nitrogens with one attached hydrogen (secondary N) is 3. The second-order valence-corrected chi connectivity index (χ2v) is 11.0. The highest BCUT2D eigenvalue weighted by atomic mass is 19.4. The molecule has 4 rings (SSSR count). The van der Waals surface area contributed by atoms with Crippen molar-refractivity contribution in [3.63, 3.8) is 0 Å². The molecule has 45 heavy (non-hydrogen) atoms. The van der Waals surface area contributed by atoms with Crippen molar-refractivity contribution >= 4 is 35.0 Å². The summed E-state index contributed by atoms with van der Waals surface area (Å²) >= 11 is 0. The Bertz CT molecular complexity index is 1490. The summed E-state index contributed by atoms with van der Waals surface area (Å²) in [7, 11) is 1.64. The molecule has 5 amide bonds. The van der Waals surface area contributed by atoms with Crippen LogP contribution in [0.1, 0.15) is 25.0 Å². The Morgan fingerprint density at radius 2 is 1.62 bits per heavy atom. The van der Waals surface area contributed by atoms with E-state index in [-0.39, 0.29) is 49.7 Å². The first-order valence-electron chi connectivity index (χ1n) is 14.4. The van der Waals surface area contributed by atoms with Crippen LogP contribution in [0.3, 0.4) is 0 Å². The van der Waals surface area contributed by atoms with E-state index >= 15 is 0 Å². The van der Waals surface area contributed by atoms with E-state index in [9.17, 15) is 32.7 Å². The molecule has 3 aromatic carbocycles. The van der Waals surface area contributed by atoms with Gasteiger partial charge in [-0.25, -0.2) is 9.59 Å². The largest absolute Gasteiger partial charge is 0.488 e. The summed E-state index contributed by atoms with van der Waals surface area (Å²) in [6.45, 7) is 3.85. The Balaban J connectivity index is 1.53. The van der Waals surface area contributed by atoms with Crippen molar-refractivity contribution in [2.75, 3.05) is 42.7 Å². The fourth-order valence-corrected chi connectivity index (χ4v) is 4.85. The van der Waals surface area contributed by atoms with Gasteiger partial charge >= 0.3 is 18.2 Å². The Labute approximate surface area is 259 Å². The molecule has 1 aliphatic rings. The summed E-state index contributed by atoms with van der Waals surface area (Å²) in [5.41, 5.74) is 0.750. The van der Waals surface area contributed by atoms with Gasteiger partial charge in [-0.05, 0) is 61.5 Å². The number of aliphatic hydroxyl groups excluding tert-OH is 1. The lowest BCUT2D eigenvalue weighted by Crippen LogP contribution is -2.48. The highest BCUT2D eigenvalue weighted by molar-refractivity contribution is 6.00. The van der Waals surface area contributed by atoms with Gasteiger partial charge in [0.25, 0.3) is 0 Å². The minimum absolute atomic E-state index is 0.0838. The zero-order valence-corrected chi connectivity index (χ0v) is 25.1. The fraction of sp³-hybridized carbons (Fsp3) is 0.344. The van der Waals surface area contributed by atoms with E-state index in [2.05, 4.69) is 16.0 Å². The summed E-state index contributed by atoms with van der Waals surface area (Å²) in [6, 6.07) is 16.3. The third kappa shape index (κ3) is 8.88. The van der Waals surface area contributed by atoms with Gasteiger partial charge in [0.2, 0.25) is 5.91 Å². The Morgan fingerprint density at radius 1 is 1.00 bits per heavy atom. The molecule has 0 radical (unpaired) electrons. The van der Waals surface area contributed by atoms with Gasteiger partial charge in [-0.2, -0.15) is 13.2 Å². The van der Waals surface area contributed by atoms with Crippen molar-refractivity contribution in [3.05, 3.63) is 83.9 Å². The molecular formula is C32H36F3N5O5. The number of halogens is 3. The van der Waals surface area contributed by atoms with Crippen LogP contribution >= 0.6 is 0 Å². The van der Waals surface area contributed by atoms with Gasteiger partial charge in [0.15, 0.2) is 0 Å². The Kier molecular flexibility index (Phi) is 10.6. The average Bonchev–Trinajstić information content (AvgIpc) is 3.04. The average molecular weight is 628 g/mol. The Morgan fingerprint density at radius 3 is 2.27 bits per heavy atom. The van der Waals surface area contributed by atoms with Crippen LogP contribution in [0.5, 0.6) is 5.75 Å². The minimum atomic E-state index is -4.49. The van der Waals surface area contributed by atoms with Gasteiger partial charge in [0.05, 0.1) is 31.2 Å². The molecule has 0 spiro atoms. The quantitative estimate of drug-likeness (QED) is 0.269. The second kappa shape index (κ2) is 14.3. The number of amides is 5. The van der Waals surface area contributed by atoms with Gasteiger partial charge in [0.1, 0.15) is 11.9 Å². The molecule has 3 atom stereocenters. The van der Waals surface area contributed by atoms with Crippen LogP contribution in [-0.2, 0) is 17.4 Å². The Hall–Kier alpha value is -4.78. The van der Waals surface area contributed by atoms with Crippen molar-refractivity contribution < 1.29 is 37.4 Å². The third-order valence-corrected chi connectivity index (χ3v) is 7.47. The monoisotopic (exact) mass is 627 g/mol. The van der Waals surface area contributed by atoms with Crippen molar-refractivity contribution in [2.45, 2.75) is 38.6 Å². The van der Waals surface area contributed by atoms with Crippen LogP contribution < -0.4 is 20.7 Å². The predicted octanol–water partition coefficient (Wildman–Crippen LogP) is 5.66. The number of urea groups is 2. The topological polar surface area (TPSA) is 123 Å². The number of nitrogens with zero attached hydrogens (tertiary/aromatic N) is 2. The van der Waals surface area contributed by atoms with Crippen LogP contribution in [0, 0.1) is 5.92 Å². The number of hydrogen-bond donors (Lipinski definition) is 4. The van der Waals surface area contributed by atoms with E-state index in [1.54, 1.807) is 49.2 Å². The summed E-state index contributed by atoms with van der Waals surface area (Å²) in [5, 5.41) is 17.8. The van der Waals surface area contributed by atoms with Gasteiger partial charge in [0, 0.05) is 42.1 Å². The molecule has 10 nitrogen and oxygen atoms in total. The smallest absolute Gasteiger partial charge is 0.416 e. The van der Waals surface area contributed by atoms with Crippen molar-refractivity contribution in [1.29, 1.82) is 0 Å². The first-order valence-corrected chi connectivity index (χ1v) is 14.4. The van der Waals surface area contributed by atoms with Crippen molar-refractivity contribution in [2.24, 2.45) is 5.92 Å². The maximum atomic E-state index is 13.4.